The summed E-state index contributed by atoms with van der Waals surface area (Å²) in [4.78, 5) is 7.21. The summed E-state index contributed by atoms with van der Waals surface area (Å²) in [7, 11) is 3.64. The lowest BCUT2D eigenvalue weighted by atomic mass is 10.1. The number of rotatable bonds is 8. The Balaban J connectivity index is 1.71. The first-order valence-electron chi connectivity index (χ1n) is 8.94. The molecule has 1 aliphatic rings. The number of fused-ring (bicyclic) bond motifs is 1. The fourth-order valence-electron chi connectivity index (χ4n) is 3.50. The Morgan fingerprint density at radius 1 is 1.25 bits per heavy atom. The zero-order chi connectivity index (χ0) is 16.9. The number of methoxy groups -OCH3 is 1. The largest absolute Gasteiger partial charge is 0.496 e. The SMILES string of the molecule is CCn1c(NC)nc2cc(CNCCN3CCCC3)c(OC)cc21. The average molecular weight is 331 g/mol. The normalized spacial score (nSPS) is 15.3. The molecule has 24 heavy (non-hydrogen) atoms. The van der Waals surface area contributed by atoms with Crippen LogP contribution < -0.4 is 15.4 Å². The first kappa shape index (κ1) is 17.0. The van der Waals surface area contributed by atoms with Gasteiger partial charge in [0.05, 0.1) is 18.1 Å². The van der Waals surface area contributed by atoms with Gasteiger partial charge in [-0.1, -0.05) is 0 Å². The number of aryl methyl sites for hydroxylation is 1. The number of anilines is 1. The summed E-state index contributed by atoms with van der Waals surface area (Å²) >= 11 is 0. The summed E-state index contributed by atoms with van der Waals surface area (Å²) in [5.74, 6) is 1.82. The quantitative estimate of drug-likeness (QED) is 0.727. The van der Waals surface area contributed by atoms with Gasteiger partial charge in [-0.2, -0.15) is 0 Å². The molecule has 2 aromatic rings. The molecule has 0 saturated carbocycles. The van der Waals surface area contributed by atoms with Crippen LogP contribution in [0.15, 0.2) is 12.1 Å². The molecule has 1 saturated heterocycles. The number of ether oxygens (including phenoxy) is 1. The van der Waals surface area contributed by atoms with Crippen LogP contribution in [0.3, 0.4) is 0 Å². The number of hydrogen-bond donors (Lipinski definition) is 2. The van der Waals surface area contributed by atoms with E-state index in [0.29, 0.717) is 0 Å². The number of aromatic nitrogens is 2. The number of nitrogens with zero attached hydrogens (tertiary/aromatic N) is 3. The molecule has 2 heterocycles. The molecule has 0 bridgehead atoms. The molecule has 3 rings (SSSR count). The van der Waals surface area contributed by atoms with Crippen molar-refractivity contribution in [2.45, 2.75) is 32.9 Å². The van der Waals surface area contributed by atoms with Crippen molar-refractivity contribution >= 4 is 17.0 Å². The molecule has 2 N–H and O–H groups in total. The predicted octanol–water partition coefficient (Wildman–Crippen LogP) is 2.29. The maximum absolute atomic E-state index is 5.61. The summed E-state index contributed by atoms with van der Waals surface area (Å²) in [6.45, 7) is 8.44. The molecule has 6 heteroatoms. The summed E-state index contributed by atoms with van der Waals surface area (Å²) in [6, 6.07) is 4.24. The van der Waals surface area contributed by atoms with Crippen molar-refractivity contribution in [1.29, 1.82) is 0 Å². The second-order valence-corrected chi connectivity index (χ2v) is 6.31. The predicted molar refractivity (Wildman–Crippen MR) is 98.9 cm³/mol. The molecule has 132 valence electrons. The first-order chi connectivity index (χ1) is 11.8. The Labute approximate surface area is 144 Å². The van der Waals surface area contributed by atoms with Crippen LogP contribution in [0, 0.1) is 0 Å². The van der Waals surface area contributed by atoms with Crippen molar-refractivity contribution < 1.29 is 4.74 Å². The molecular formula is C18H29N5O. The van der Waals surface area contributed by atoms with E-state index in [0.717, 1.165) is 54.5 Å². The highest BCUT2D eigenvalue weighted by molar-refractivity contribution is 5.81. The van der Waals surface area contributed by atoms with Crippen molar-refractivity contribution in [2.75, 3.05) is 45.7 Å². The highest BCUT2D eigenvalue weighted by Gasteiger charge is 2.14. The molecule has 0 radical (unpaired) electrons. The van der Waals surface area contributed by atoms with Crippen molar-refractivity contribution in [2.24, 2.45) is 0 Å². The van der Waals surface area contributed by atoms with E-state index in [-0.39, 0.29) is 0 Å². The Bertz CT molecular complexity index is 676. The van der Waals surface area contributed by atoms with Crippen LogP contribution in [0.25, 0.3) is 11.0 Å². The van der Waals surface area contributed by atoms with Crippen molar-refractivity contribution in [1.82, 2.24) is 19.8 Å². The van der Waals surface area contributed by atoms with E-state index in [2.05, 4.69) is 44.1 Å². The molecule has 6 nitrogen and oxygen atoms in total. The minimum absolute atomic E-state index is 0.806. The van der Waals surface area contributed by atoms with Crippen LogP contribution in [0.4, 0.5) is 5.95 Å². The third-order valence-electron chi connectivity index (χ3n) is 4.81. The molecule has 0 spiro atoms. The summed E-state index contributed by atoms with van der Waals surface area (Å²) in [6.07, 6.45) is 2.69. The summed E-state index contributed by atoms with van der Waals surface area (Å²) in [5.41, 5.74) is 3.28. The van der Waals surface area contributed by atoms with Crippen molar-refractivity contribution in [3.05, 3.63) is 17.7 Å². The van der Waals surface area contributed by atoms with Gasteiger partial charge in [0.2, 0.25) is 5.95 Å². The van der Waals surface area contributed by atoms with Gasteiger partial charge >= 0.3 is 0 Å². The van der Waals surface area contributed by atoms with Gasteiger partial charge in [0.15, 0.2) is 0 Å². The molecule has 1 aromatic heterocycles. The van der Waals surface area contributed by atoms with E-state index in [1.807, 2.05) is 7.05 Å². The van der Waals surface area contributed by atoms with Crippen molar-refractivity contribution in [3.8, 4) is 5.75 Å². The van der Waals surface area contributed by atoms with Gasteiger partial charge in [-0.15, -0.1) is 0 Å². The van der Waals surface area contributed by atoms with E-state index in [1.54, 1.807) is 7.11 Å². The Hall–Kier alpha value is -1.79. The second-order valence-electron chi connectivity index (χ2n) is 6.31. The number of nitrogens with one attached hydrogen (secondary N) is 2. The van der Waals surface area contributed by atoms with Crippen LogP contribution in [-0.4, -0.2) is 54.8 Å². The topological polar surface area (TPSA) is 54.4 Å². The lowest BCUT2D eigenvalue weighted by molar-refractivity contribution is 0.335. The van der Waals surface area contributed by atoms with Crippen LogP contribution in [0.1, 0.15) is 25.3 Å². The number of hydrogen-bond acceptors (Lipinski definition) is 5. The molecule has 1 aromatic carbocycles. The van der Waals surface area contributed by atoms with Gasteiger partial charge in [0, 0.05) is 44.9 Å². The lowest BCUT2D eigenvalue weighted by Gasteiger charge is -2.15. The molecule has 0 unspecified atom stereocenters. The van der Waals surface area contributed by atoms with E-state index in [4.69, 9.17) is 4.74 Å². The third kappa shape index (κ3) is 3.49. The second kappa shape index (κ2) is 7.85. The molecule has 0 aliphatic carbocycles. The fraction of sp³-hybridized carbons (Fsp3) is 0.611. The Kier molecular flexibility index (Phi) is 5.58. The van der Waals surface area contributed by atoms with Gasteiger partial charge < -0.3 is 24.8 Å². The third-order valence-corrected chi connectivity index (χ3v) is 4.81. The fourth-order valence-corrected chi connectivity index (χ4v) is 3.50. The van der Waals surface area contributed by atoms with Crippen LogP contribution >= 0.6 is 0 Å². The van der Waals surface area contributed by atoms with E-state index >= 15 is 0 Å². The van der Waals surface area contributed by atoms with Crippen LogP contribution in [0.2, 0.25) is 0 Å². The minimum Gasteiger partial charge on any atom is -0.496 e. The maximum Gasteiger partial charge on any atom is 0.203 e. The number of likely N-dealkylation sites (tertiary alicyclic amines) is 1. The lowest BCUT2D eigenvalue weighted by Crippen LogP contribution is -2.29. The molecule has 1 fully saturated rings. The van der Waals surface area contributed by atoms with Gasteiger partial charge in [-0.05, 0) is 38.9 Å². The number of imidazole rings is 1. The zero-order valence-corrected chi connectivity index (χ0v) is 15.1. The molecule has 1 aliphatic heterocycles. The monoisotopic (exact) mass is 331 g/mol. The smallest absolute Gasteiger partial charge is 0.203 e. The zero-order valence-electron chi connectivity index (χ0n) is 15.1. The van der Waals surface area contributed by atoms with Gasteiger partial charge in [0.1, 0.15) is 5.75 Å². The highest BCUT2D eigenvalue weighted by Crippen LogP contribution is 2.28. The molecule has 0 atom stereocenters. The Morgan fingerprint density at radius 2 is 2.04 bits per heavy atom. The van der Waals surface area contributed by atoms with Gasteiger partial charge in [0.25, 0.3) is 0 Å². The maximum atomic E-state index is 5.61. The highest BCUT2D eigenvalue weighted by atomic mass is 16.5. The van der Waals surface area contributed by atoms with E-state index in [1.165, 1.54) is 25.9 Å². The van der Waals surface area contributed by atoms with Gasteiger partial charge in [-0.3, -0.25) is 0 Å². The number of benzene rings is 1. The standard InChI is InChI=1S/C18H29N5O/c1-4-23-16-12-17(24-3)14(11-15(16)21-18(23)19-2)13-20-7-10-22-8-5-6-9-22/h11-12,20H,4-10,13H2,1-3H3,(H,19,21). The summed E-state index contributed by atoms with van der Waals surface area (Å²) < 4.78 is 7.78. The van der Waals surface area contributed by atoms with E-state index in [9.17, 15) is 0 Å². The Morgan fingerprint density at radius 3 is 2.71 bits per heavy atom. The first-order valence-corrected chi connectivity index (χ1v) is 8.94. The van der Waals surface area contributed by atoms with E-state index < -0.39 is 0 Å². The van der Waals surface area contributed by atoms with Gasteiger partial charge in [-0.25, -0.2) is 4.98 Å². The van der Waals surface area contributed by atoms with Crippen LogP contribution in [-0.2, 0) is 13.1 Å². The molecular weight excluding hydrogens is 302 g/mol. The molecule has 0 amide bonds. The van der Waals surface area contributed by atoms with Crippen molar-refractivity contribution in [3.63, 3.8) is 0 Å². The van der Waals surface area contributed by atoms with Crippen LogP contribution in [0.5, 0.6) is 5.75 Å². The summed E-state index contributed by atoms with van der Waals surface area (Å²) in [5, 5.41) is 6.71. The average Bonchev–Trinajstić information content (AvgIpc) is 3.24. The minimum atomic E-state index is 0.806.